The Hall–Kier alpha value is -0.610. The maximum Gasteiger partial charge on any atom is 0.306 e. The normalized spacial score (nSPS) is 34.9. The molecule has 0 heterocycles. The smallest absolute Gasteiger partial charge is 0.306 e. The maximum absolute atomic E-state index is 10.9. The van der Waals surface area contributed by atoms with E-state index in [2.05, 4.69) is 19.2 Å². The number of aliphatic carboxylic acids is 1. The second-order valence-electron chi connectivity index (χ2n) is 7.66. The summed E-state index contributed by atoms with van der Waals surface area (Å²) in [5, 5.41) is 23.1. The second-order valence-corrected chi connectivity index (χ2v) is 7.66. The average Bonchev–Trinajstić information content (AvgIpc) is 2.38. The molecule has 116 valence electrons. The van der Waals surface area contributed by atoms with Gasteiger partial charge in [-0.3, -0.25) is 4.79 Å². The molecule has 2 saturated carbocycles. The summed E-state index contributed by atoms with van der Waals surface area (Å²) in [6.45, 7) is 5.26. The van der Waals surface area contributed by atoms with Crippen LogP contribution in [0.15, 0.2) is 0 Å². The topological polar surface area (TPSA) is 69.6 Å². The summed E-state index contributed by atoms with van der Waals surface area (Å²) in [6.07, 6.45) is 7.26. The highest BCUT2D eigenvalue weighted by Gasteiger charge is 2.36. The maximum atomic E-state index is 10.9. The van der Waals surface area contributed by atoms with Crippen LogP contribution in [-0.4, -0.2) is 34.4 Å². The highest BCUT2D eigenvalue weighted by atomic mass is 16.4. The first-order chi connectivity index (χ1) is 9.30. The van der Waals surface area contributed by atoms with Crippen LogP contribution in [0, 0.1) is 11.3 Å². The van der Waals surface area contributed by atoms with Crippen molar-refractivity contribution < 1.29 is 15.0 Å². The molecule has 0 aromatic rings. The van der Waals surface area contributed by atoms with Crippen molar-refractivity contribution in [2.24, 2.45) is 11.3 Å². The monoisotopic (exact) mass is 283 g/mol. The molecule has 0 unspecified atom stereocenters. The minimum Gasteiger partial charge on any atom is -0.481 e. The van der Waals surface area contributed by atoms with Crippen molar-refractivity contribution >= 4 is 5.97 Å². The fraction of sp³-hybridized carbons (Fsp3) is 0.938. The fourth-order valence-electron chi connectivity index (χ4n) is 3.52. The van der Waals surface area contributed by atoms with Gasteiger partial charge in [0.25, 0.3) is 0 Å². The summed E-state index contributed by atoms with van der Waals surface area (Å²) in [5.74, 6) is -0.972. The first-order valence-corrected chi connectivity index (χ1v) is 7.98. The van der Waals surface area contributed by atoms with E-state index in [1.165, 1.54) is 25.7 Å². The first kappa shape index (κ1) is 15.8. The summed E-state index contributed by atoms with van der Waals surface area (Å²) in [7, 11) is 0. The van der Waals surface area contributed by atoms with Gasteiger partial charge in [0.2, 0.25) is 0 Å². The predicted molar refractivity (Wildman–Crippen MR) is 78.6 cm³/mol. The van der Waals surface area contributed by atoms with Gasteiger partial charge in [0.15, 0.2) is 0 Å². The standard InChI is InChI=1S/C16H29NO3/c1-15(2)7-5-13(6-8-15)17-11-16(20)9-3-12(4-10-16)14(18)19/h12-13,17,20H,3-11H2,1-2H3,(H,18,19). The Labute approximate surface area is 122 Å². The van der Waals surface area contributed by atoms with E-state index < -0.39 is 11.6 Å². The van der Waals surface area contributed by atoms with Gasteiger partial charge in [-0.25, -0.2) is 0 Å². The van der Waals surface area contributed by atoms with Gasteiger partial charge >= 0.3 is 5.97 Å². The molecule has 2 aliphatic carbocycles. The van der Waals surface area contributed by atoms with E-state index in [9.17, 15) is 9.90 Å². The summed E-state index contributed by atoms with van der Waals surface area (Å²) in [6, 6.07) is 0.518. The number of carboxylic acid groups (broad SMARTS) is 1. The Kier molecular flexibility index (Phi) is 4.75. The zero-order valence-corrected chi connectivity index (χ0v) is 12.8. The molecule has 0 saturated heterocycles. The molecule has 2 fully saturated rings. The van der Waals surface area contributed by atoms with Crippen LogP contribution in [0.1, 0.15) is 65.2 Å². The minimum atomic E-state index is -0.713. The molecule has 0 radical (unpaired) electrons. The van der Waals surface area contributed by atoms with Crippen LogP contribution in [0.4, 0.5) is 0 Å². The van der Waals surface area contributed by atoms with E-state index in [1.54, 1.807) is 0 Å². The van der Waals surface area contributed by atoms with Gasteiger partial charge in [-0.05, 0) is 56.8 Å². The highest BCUT2D eigenvalue weighted by Crippen LogP contribution is 2.36. The SMILES string of the molecule is CC1(C)CCC(NCC2(O)CCC(C(=O)O)CC2)CC1. The minimum absolute atomic E-state index is 0.259. The van der Waals surface area contributed by atoms with E-state index in [4.69, 9.17) is 5.11 Å². The molecular formula is C16H29NO3. The molecular weight excluding hydrogens is 254 g/mol. The van der Waals surface area contributed by atoms with Crippen LogP contribution in [0.2, 0.25) is 0 Å². The van der Waals surface area contributed by atoms with Gasteiger partial charge in [-0.15, -0.1) is 0 Å². The molecule has 0 amide bonds. The molecule has 0 spiro atoms. The number of aliphatic hydroxyl groups is 1. The fourth-order valence-corrected chi connectivity index (χ4v) is 3.52. The van der Waals surface area contributed by atoms with E-state index in [1.807, 2.05) is 0 Å². The molecule has 2 aliphatic rings. The van der Waals surface area contributed by atoms with Crippen molar-refractivity contribution in [1.29, 1.82) is 0 Å². The summed E-state index contributed by atoms with van der Waals surface area (Å²) in [4.78, 5) is 10.9. The summed E-state index contributed by atoms with van der Waals surface area (Å²) < 4.78 is 0. The van der Waals surface area contributed by atoms with Crippen molar-refractivity contribution in [3.63, 3.8) is 0 Å². The molecule has 20 heavy (non-hydrogen) atoms. The number of nitrogens with one attached hydrogen (secondary N) is 1. The van der Waals surface area contributed by atoms with Crippen LogP contribution < -0.4 is 5.32 Å². The predicted octanol–water partition coefficient (Wildman–Crippen LogP) is 2.55. The summed E-state index contributed by atoms with van der Waals surface area (Å²) in [5.41, 5.74) is -0.229. The zero-order chi connectivity index (χ0) is 14.8. The lowest BCUT2D eigenvalue weighted by molar-refractivity contribution is -0.144. The van der Waals surface area contributed by atoms with Crippen molar-refractivity contribution in [2.45, 2.75) is 76.9 Å². The largest absolute Gasteiger partial charge is 0.481 e. The molecule has 0 atom stereocenters. The van der Waals surface area contributed by atoms with E-state index in [0.717, 1.165) is 0 Å². The van der Waals surface area contributed by atoms with Gasteiger partial charge in [-0.1, -0.05) is 13.8 Å². The molecule has 0 aliphatic heterocycles. The zero-order valence-electron chi connectivity index (χ0n) is 12.8. The third-order valence-electron chi connectivity index (χ3n) is 5.32. The number of rotatable bonds is 4. The van der Waals surface area contributed by atoms with E-state index in [0.29, 0.717) is 43.7 Å². The van der Waals surface area contributed by atoms with E-state index in [-0.39, 0.29) is 5.92 Å². The lowest BCUT2D eigenvalue weighted by Crippen LogP contribution is -2.48. The van der Waals surface area contributed by atoms with Crippen LogP contribution in [0.3, 0.4) is 0 Å². The molecule has 0 aromatic carbocycles. The van der Waals surface area contributed by atoms with Crippen LogP contribution in [0.5, 0.6) is 0 Å². The van der Waals surface area contributed by atoms with Crippen molar-refractivity contribution in [1.82, 2.24) is 5.32 Å². The van der Waals surface area contributed by atoms with E-state index >= 15 is 0 Å². The van der Waals surface area contributed by atoms with Crippen LogP contribution in [0.25, 0.3) is 0 Å². The van der Waals surface area contributed by atoms with Gasteiger partial charge in [-0.2, -0.15) is 0 Å². The summed E-state index contributed by atoms with van der Waals surface area (Å²) >= 11 is 0. The number of hydrogen-bond donors (Lipinski definition) is 3. The highest BCUT2D eigenvalue weighted by molar-refractivity contribution is 5.70. The Bertz CT molecular complexity index is 336. The third-order valence-corrected chi connectivity index (χ3v) is 5.32. The van der Waals surface area contributed by atoms with Gasteiger partial charge < -0.3 is 15.5 Å². The lowest BCUT2D eigenvalue weighted by Gasteiger charge is -2.39. The number of hydrogen-bond acceptors (Lipinski definition) is 3. The van der Waals surface area contributed by atoms with Gasteiger partial charge in [0.1, 0.15) is 0 Å². The Morgan fingerprint density at radius 2 is 1.65 bits per heavy atom. The van der Waals surface area contributed by atoms with Crippen molar-refractivity contribution in [3.8, 4) is 0 Å². The Morgan fingerprint density at radius 1 is 1.10 bits per heavy atom. The number of carbonyl (C=O) groups is 1. The molecule has 4 heteroatoms. The second kappa shape index (κ2) is 6.02. The van der Waals surface area contributed by atoms with Gasteiger partial charge in [0, 0.05) is 12.6 Å². The lowest BCUT2D eigenvalue weighted by atomic mass is 9.75. The Morgan fingerprint density at radius 3 is 2.15 bits per heavy atom. The average molecular weight is 283 g/mol. The quantitative estimate of drug-likeness (QED) is 0.741. The molecule has 4 nitrogen and oxygen atoms in total. The third kappa shape index (κ3) is 4.19. The van der Waals surface area contributed by atoms with Gasteiger partial charge in [0.05, 0.1) is 11.5 Å². The van der Waals surface area contributed by atoms with Crippen LogP contribution in [-0.2, 0) is 4.79 Å². The van der Waals surface area contributed by atoms with Crippen LogP contribution >= 0.6 is 0 Å². The Balaban J connectivity index is 1.73. The molecule has 0 aromatic heterocycles. The van der Waals surface area contributed by atoms with Crippen molar-refractivity contribution in [3.05, 3.63) is 0 Å². The van der Waals surface area contributed by atoms with Crippen molar-refractivity contribution in [2.75, 3.05) is 6.54 Å². The molecule has 2 rings (SSSR count). The number of carboxylic acids is 1. The molecule has 3 N–H and O–H groups in total. The molecule has 0 bridgehead atoms. The first-order valence-electron chi connectivity index (χ1n) is 7.98.